The minimum atomic E-state index is -0.130. The van der Waals surface area contributed by atoms with Crippen molar-refractivity contribution in [2.24, 2.45) is 7.05 Å². The Morgan fingerprint density at radius 1 is 1.14 bits per heavy atom. The first-order valence-electron chi connectivity index (χ1n) is 9.53. The number of rotatable bonds is 7. The Labute approximate surface area is 169 Å². The normalized spacial score (nSPS) is 11.1. The van der Waals surface area contributed by atoms with Gasteiger partial charge in [-0.1, -0.05) is 6.92 Å². The molecule has 8 nitrogen and oxygen atoms in total. The second-order valence-corrected chi connectivity index (χ2v) is 7.03. The lowest BCUT2D eigenvalue weighted by atomic mass is 10.2. The van der Waals surface area contributed by atoms with Crippen molar-refractivity contribution in [2.75, 3.05) is 23.7 Å². The number of nitrogens with zero attached hydrogens (tertiary/aromatic N) is 4. The number of nitrogens with one attached hydrogen (secondary N) is 2. The van der Waals surface area contributed by atoms with Crippen LogP contribution in [0, 0.1) is 6.92 Å². The van der Waals surface area contributed by atoms with Crippen LogP contribution in [0.4, 0.5) is 11.4 Å². The van der Waals surface area contributed by atoms with Gasteiger partial charge in [0.2, 0.25) is 11.8 Å². The summed E-state index contributed by atoms with van der Waals surface area (Å²) in [5.74, 6) is -0.222. The fraction of sp³-hybridized carbons (Fsp3) is 0.333. The van der Waals surface area contributed by atoms with Gasteiger partial charge in [-0.25, -0.2) is 4.98 Å². The minimum absolute atomic E-state index is 0.0919. The zero-order valence-electron chi connectivity index (χ0n) is 17.2. The summed E-state index contributed by atoms with van der Waals surface area (Å²) in [5.41, 5.74) is 4.23. The molecule has 0 saturated carbocycles. The van der Waals surface area contributed by atoms with Crippen LogP contribution in [0.2, 0.25) is 0 Å². The third kappa shape index (κ3) is 5.17. The largest absolute Gasteiger partial charge is 0.326 e. The van der Waals surface area contributed by atoms with E-state index in [4.69, 9.17) is 0 Å². The Morgan fingerprint density at radius 3 is 2.41 bits per heavy atom. The van der Waals surface area contributed by atoms with Crippen molar-refractivity contribution < 1.29 is 9.59 Å². The Balaban J connectivity index is 1.61. The summed E-state index contributed by atoms with van der Waals surface area (Å²) >= 11 is 0. The smallest absolute Gasteiger partial charge is 0.238 e. The second kappa shape index (κ2) is 8.83. The first-order valence-corrected chi connectivity index (χ1v) is 9.53. The molecule has 0 aliphatic heterocycles. The summed E-state index contributed by atoms with van der Waals surface area (Å²) in [6.45, 7) is 7.08. The van der Waals surface area contributed by atoms with Crippen LogP contribution in [0.15, 0.2) is 36.5 Å². The molecule has 2 N–H and O–H groups in total. The standard InChI is InChI=1S/C21H26N6O2/c1-5-27(12-16-10-19-14(2)25-26(4)21(19)22-11-16)13-20(29)24-18-8-6-17(7-9-18)23-15(3)28/h6-11H,5,12-13H2,1-4H3,(H,23,28)(H,24,29). The van der Waals surface area contributed by atoms with E-state index in [2.05, 4.69) is 31.7 Å². The van der Waals surface area contributed by atoms with Crippen molar-refractivity contribution in [1.82, 2.24) is 19.7 Å². The topological polar surface area (TPSA) is 92.2 Å². The second-order valence-electron chi connectivity index (χ2n) is 7.03. The van der Waals surface area contributed by atoms with Crippen LogP contribution in [0.3, 0.4) is 0 Å². The number of carbonyl (C=O) groups is 2. The van der Waals surface area contributed by atoms with E-state index in [1.807, 2.05) is 27.1 Å². The maximum absolute atomic E-state index is 12.5. The molecule has 152 valence electrons. The number of carbonyl (C=O) groups excluding carboxylic acids is 2. The maximum atomic E-state index is 12.5. The fourth-order valence-corrected chi connectivity index (χ4v) is 3.22. The van der Waals surface area contributed by atoms with Gasteiger partial charge in [0.1, 0.15) is 0 Å². The van der Waals surface area contributed by atoms with Crippen molar-refractivity contribution >= 4 is 34.2 Å². The molecular weight excluding hydrogens is 368 g/mol. The van der Waals surface area contributed by atoms with E-state index in [-0.39, 0.29) is 18.4 Å². The maximum Gasteiger partial charge on any atom is 0.238 e. The summed E-state index contributed by atoms with van der Waals surface area (Å²) in [4.78, 5) is 30.1. The molecule has 8 heteroatoms. The minimum Gasteiger partial charge on any atom is -0.326 e. The van der Waals surface area contributed by atoms with Gasteiger partial charge in [-0.2, -0.15) is 5.10 Å². The molecule has 3 aromatic rings. The number of aryl methyl sites for hydroxylation is 2. The van der Waals surface area contributed by atoms with Crippen molar-refractivity contribution in [3.8, 4) is 0 Å². The molecule has 0 atom stereocenters. The van der Waals surface area contributed by atoms with Gasteiger partial charge in [0.15, 0.2) is 5.65 Å². The van der Waals surface area contributed by atoms with E-state index in [1.165, 1.54) is 6.92 Å². The summed E-state index contributed by atoms with van der Waals surface area (Å²) < 4.78 is 1.77. The van der Waals surface area contributed by atoms with E-state index in [0.717, 1.165) is 28.8 Å². The highest BCUT2D eigenvalue weighted by Crippen LogP contribution is 2.18. The number of fused-ring (bicyclic) bond motifs is 1. The highest BCUT2D eigenvalue weighted by Gasteiger charge is 2.13. The van der Waals surface area contributed by atoms with Crippen molar-refractivity contribution in [3.63, 3.8) is 0 Å². The van der Waals surface area contributed by atoms with Crippen LogP contribution in [0.25, 0.3) is 11.0 Å². The molecule has 3 rings (SSSR count). The number of likely N-dealkylation sites (N-methyl/N-ethyl adjacent to an activating group) is 1. The third-order valence-electron chi connectivity index (χ3n) is 4.63. The number of benzene rings is 1. The van der Waals surface area contributed by atoms with Gasteiger partial charge in [0.05, 0.1) is 12.2 Å². The lowest BCUT2D eigenvalue weighted by Gasteiger charge is -2.20. The van der Waals surface area contributed by atoms with E-state index in [1.54, 1.807) is 28.9 Å². The molecule has 0 radical (unpaired) electrons. The number of hydrogen-bond acceptors (Lipinski definition) is 5. The SMILES string of the molecule is CCN(CC(=O)Nc1ccc(NC(C)=O)cc1)Cc1cnc2c(c1)c(C)nn2C. The third-order valence-corrected chi connectivity index (χ3v) is 4.63. The Hall–Kier alpha value is -3.26. The summed E-state index contributed by atoms with van der Waals surface area (Å²) in [5, 5.41) is 11.0. The van der Waals surface area contributed by atoms with Crippen molar-refractivity contribution in [2.45, 2.75) is 27.3 Å². The number of amides is 2. The van der Waals surface area contributed by atoms with Gasteiger partial charge in [0.25, 0.3) is 0 Å². The predicted octanol–water partition coefficient (Wildman–Crippen LogP) is 2.70. The number of hydrogen-bond donors (Lipinski definition) is 2. The van der Waals surface area contributed by atoms with Crippen LogP contribution < -0.4 is 10.6 Å². The fourth-order valence-electron chi connectivity index (χ4n) is 3.22. The van der Waals surface area contributed by atoms with Crippen LogP contribution in [0.5, 0.6) is 0 Å². The molecule has 0 fully saturated rings. The van der Waals surface area contributed by atoms with E-state index < -0.39 is 0 Å². The molecule has 2 aromatic heterocycles. The zero-order chi connectivity index (χ0) is 21.0. The highest BCUT2D eigenvalue weighted by molar-refractivity contribution is 5.93. The van der Waals surface area contributed by atoms with Crippen LogP contribution in [0.1, 0.15) is 25.1 Å². The molecule has 0 unspecified atom stereocenters. The molecule has 0 spiro atoms. The zero-order valence-corrected chi connectivity index (χ0v) is 17.2. The molecule has 1 aromatic carbocycles. The molecule has 0 bridgehead atoms. The van der Waals surface area contributed by atoms with Crippen LogP contribution in [-0.4, -0.2) is 44.6 Å². The van der Waals surface area contributed by atoms with E-state index in [9.17, 15) is 9.59 Å². The number of aromatic nitrogens is 3. The molecule has 0 aliphatic rings. The van der Waals surface area contributed by atoms with Gasteiger partial charge in [-0.3, -0.25) is 19.2 Å². The Morgan fingerprint density at radius 2 is 1.79 bits per heavy atom. The quantitative estimate of drug-likeness (QED) is 0.643. The van der Waals surface area contributed by atoms with Crippen molar-refractivity contribution in [1.29, 1.82) is 0 Å². The van der Waals surface area contributed by atoms with Crippen LogP contribution >= 0.6 is 0 Å². The first kappa shape index (κ1) is 20.5. The Bertz CT molecular complexity index is 1030. The first-order chi connectivity index (χ1) is 13.9. The van der Waals surface area contributed by atoms with Gasteiger partial charge >= 0.3 is 0 Å². The average Bonchev–Trinajstić information content (AvgIpc) is 2.96. The molecule has 0 saturated heterocycles. The van der Waals surface area contributed by atoms with Gasteiger partial charge in [-0.05, 0) is 49.4 Å². The lowest BCUT2D eigenvalue weighted by Crippen LogP contribution is -2.32. The molecule has 2 amide bonds. The van der Waals surface area contributed by atoms with Gasteiger partial charge < -0.3 is 10.6 Å². The number of pyridine rings is 1. The molecule has 29 heavy (non-hydrogen) atoms. The summed E-state index contributed by atoms with van der Waals surface area (Å²) in [6, 6.07) is 9.13. The Kier molecular flexibility index (Phi) is 6.23. The lowest BCUT2D eigenvalue weighted by molar-refractivity contribution is -0.117. The predicted molar refractivity (Wildman–Crippen MR) is 114 cm³/mol. The molecular formula is C21H26N6O2. The number of anilines is 2. The highest BCUT2D eigenvalue weighted by atomic mass is 16.2. The summed E-state index contributed by atoms with van der Waals surface area (Å²) in [7, 11) is 1.88. The van der Waals surface area contributed by atoms with Gasteiger partial charge in [0, 0.05) is 43.5 Å². The van der Waals surface area contributed by atoms with E-state index >= 15 is 0 Å². The van der Waals surface area contributed by atoms with Crippen LogP contribution in [-0.2, 0) is 23.2 Å². The monoisotopic (exact) mass is 394 g/mol. The molecule has 2 heterocycles. The van der Waals surface area contributed by atoms with Crippen molar-refractivity contribution in [3.05, 3.63) is 47.8 Å². The van der Waals surface area contributed by atoms with E-state index in [0.29, 0.717) is 17.9 Å². The summed E-state index contributed by atoms with van der Waals surface area (Å²) in [6.07, 6.45) is 1.84. The van der Waals surface area contributed by atoms with Gasteiger partial charge in [-0.15, -0.1) is 0 Å². The average molecular weight is 394 g/mol. The molecule has 0 aliphatic carbocycles.